The Labute approximate surface area is 116 Å². The first-order valence-corrected chi connectivity index (χ1v) is 7.00. The molecule has 1 fully saturated rings. The van der Waals surface area contributed by atoms with Crippen LogP contribution in [0.5, 0.6) is 0 Å². The molecule has 106 valence electrons. The maximum Gasteiger partial charge on any atom is 0.100 e. The van der Waals surface area contributed by atoms with Crippen molar-refractivity contribution < 1.29 is 9.47 Å². The van der Waals surface area contributed by atoms with Crippen LogP contribution in [0.1, 0.15) is 33.9 Å². The molecule has 2 rings (SSSR count). The van der Waals surface area contributed by atoms with E-state index in [4.69, 9.17) is 9.47 Å². The first kappa shape index (κ1) is 14.5. The molecule has 0 saturated carbocycles. The standard InChI is InChI=1S/C16H25NO2/c1-10-8-11(2)13(4)15(12(10)3)16(17-5)14-9-18-6-7-19-14/h8,14,16-17H,6-7,9H2,1-5H3. The zero-order chi connectivity index (χ0) is 14.0. The van der Waals surface area contributed by atoms with Crippen molar-refractivity contribution in [2.24, 2.45) is 0 Å². The summed E-state index contributed by atoms with van der Waals surface area (Å²) < 4.78 is 11.4. The molecule has 0 aliphatic carbocycles. The highest BCUT2D eigenvalue weighted by molar-refractivity contribution is 5.46. The molecule has 1 aliphatic heterocycles. The zero-order valence-electron chi connectivity index (χ0n) is 12.7. The van der Waals surface area contributed by atoms with Crippen LogP contribution >= 0.6 is 0 Å². The largest absolute Gasteiger partial charge is 0.376 e. The molecule has 1 aliphatic rings. The highest BCUT2D eigenvalue weighted by Gasteiger charge is 2.28. The Morgan fingerprint density at radius 1 is 1.11 bits per heavy atom. The van der Waals surface area contributed by atoms with Gasteiger partial charge in [0.1, 0.15) is 6.10 Å². The van der Waals surface area contributed by atoms with Gasteiger partial charge in [0.25, 0.3) is 0 Å². The van der Waals surface area contributed by atoms with Gasteiger partial charge in [-0.2, -0.15) is 0 Å². The summed E-state index contributed by atoms with van der Waals surface area (Å²) >= 11 is 0. The van der Waals surface area contributed by atoms with Crippen molar-refractivity contribution in [3.8, 4) is 0 Å². The minimum Gasteiger partial charge on any atom is -0.376 e. The molecule has 2 unspecified atom stereocenters. The molecule has 2 atom stereocenters. The summed E-state index contributed by atoms with van der Waals surface area (Å²) in [5, 5.41) is 3.42. The second kappa shape index (κ2) is 6.04. The lowest BCUT2D eigenvalue weighted by molar-refractivity contribution is -0.101. The van der Waals surface area contributed by atoms with Crippen LogP contribution in [-0.4, -0.2) is 33.0 Å². The molecule has 19 heavy (non-hydrogen) atoms. The zero-order valence-corrected chi connectivity index (χ0v) is 12.7. The molecule has 3 nitrogen and oxygen atoms in total. The van der Waals surface area contributed by atoms with Crippen LogP contribution in [0.3, 0.4) is 0 Å². The van der Waals surface area contributed by atoms with E-state index >= 15 is 0 Å². The quantitative estimate of drug-likeness (QED) is 0.909. The Morgan fingerprint density at radius 3 is 2.21 bits per heavy atom. The molecular weight excluding hydrogens is 238 g/mol. The number of hydrogen-bond donors (Lipinski definition) is 1. The normalized spacial score (nSPS) is 21.4. The number of benzene rings is 1. The average Bonchev–Trinajstić information content (AvgIpc) is 2.42. The van der Waals surface area contributed by atoms with Gasteiger partial charge in [0.2, 0.25) is 0 Å². The van der Waals surface area contributed by atoms with E-state index in [0.717, 1.165) is 0 Å². The average molecular weight is 263 g/mol. The van der Waals surface area contributed by atoms with Gasteiger partial charge in [0, 0.05) is 0 Å². The van der Waals surface area contributed by atoms with Gasteiger partial charge in [0.05, 0.1) is 25.9 Å². The summed E-state index contributed by atoms with van der Waals surface area (Å²) in [6.07, 6.45) is 0.0948. The highest BCUT2D eigenvalue weighted by atomic mass is 16.6. The molecule has 0 spiro atoms. The van der Waals surface area contributed by atoms with Crippen LogP contribution in [0.2, 0.25) is 0 Å². The van der Waals surface area contributed by atoms with E-state index < -0.39 is 0 Å². The Hall–Kier alpha value is -0.900. The SMILES string of the molecule is CNC(c1c(C)c(C)cc(C)c1C)C1COCCO1. The van der Waals surface area contributed by atoms with Crippen molar-refractivity contribution in [3.63, 3.8) is 0 Å². The minimum atomic E-state index is 0.0948. The Bertz CT molecular complexity index is 424. The molecule has 0 bridgehead atoms. The summed E-state index contributed by atoms with van der Waals surface area (Å²) in [5.41, 5.74) is 6.77. The van der Waals surface area contributed by atoms with Crippen LogP contribution < -0.4 is 5.32 Å². The van der Waals surface area contributed by atoms with Crippen molar-refractivity contribution >= 4 is 0 Å². The number of likely N-dealkylation sites (N-methyl/N-ethyl adjacent to an activating group) is 1. The van der Waals surface area contributed by atoms with Gasteiger partial charge in [-0.25, -0.2) is 0 Å². The molecule has 1 heterocycles. The van der Waals surface area contributed by atoms with Crippen molar-refractivity contribution in [3.05, 3.63) is 33.9 Å². The van der Waals surface area contributed by atoms with Crippen molar-refractivity contribution in [1.29, 1.82) is 0 Å². The van der Waals surface area contributed by atoms with E-state index in [9.17, 15) is 0 Å². The van der Waals surface area contributed by atoms with Crippen molar-refractivity contribution in [1.82, 2.24) is 5.32 Å². The Morgan fingerprint density at radius 2 is 1.74 bits per heavy atom. The second-order valence-electron chi connectivity index (χ2n) is 5.42. The van der Waals surface area contributed by atoms with E-state index in [1.54, 1.807) is 0 Å². The monoisotopic (exact) mass is 263 g/mol. The van der Waals surface area contributed by atoms with Gasteiger partial charge in [-0.05, 0) is 62.6 Å². The topological polar surface area (TPSA) is 30.5 Å². The number of aryl methyl sites for hydroxylation is 2. The summed E-state index contributed by atoms with van der Waals surface area (Å²) in [4.78, 5) is 0. The number of rotatable bonds is 3. The molecule has 0 radical (unpaired) electrons. The predicted molar refractivity (Wildman–Crippen MR) is 77.7 cm³/mol. The molecule has 3 heteroatoms. The van der Waals surface area contributed by atoms with Crippen LogP contribution in [-0.2, 0) is 9.47 Å². The van der Waals surface area contributed by atoms with Crippen molar-refractivity contribution in [2.75, 3.05) is 26.9 Å². The van der Waals surface area contributed by atoms with E-state index in [1.165, 1.54) is 27.8 Å². The molecule has 1 saturated heterocycles. The molecule has 0 amide bonds. The smallest absolute Gasteiger partial charge is 0.100 e. The Balaban J connectivity index is 2.42. The molecule has 0 aromatic heterocycles. The third-order valence-corrected chi connectivity index (χ3v) is 4.26. The molecule has 1 aromatic rings. The van der Waals surface area contributed by atoms with E-state index in [2.05, 4.69) is 39.1 Å². The van der Waals surface area contributed by atoms with Gasteiger partial charge in [-0.3, -0.25) is 0 Å². The summed E-state index contributed by atoms with van der Waals surface area (Å²) in [6, 6.07) is 2.46. The lowest BCUT2D eigenvalue weighted by Gasteiger charge is -2.33. The van der Waals surface area contributed by atoms with Gasteiger partial charge < -0.3 is 14.8 Å². The van der Waals surface area contributed by atoms with Gasteiger partial charge in [-0.15, -0.1) is 0 Å². The fraction of sp³-hybridized carbons (Fsp3) is 0.625. The van der Waals surface area contributed by atoms with E-state index in [-0.39, 0.29) is 12.1 Å². The van der Waals surface area contributed by atoms with E-state index in [0.29, 0.717) is 19.8 Å². The minimum absolute atomic E-state index is 0.0948. The lowest BCUT2D eigenvalue weighted by atomic mass is 9.87. The van der Waals surface area contributed by atoms with Crippen molar-refractivity contribution in [2.45, 2.75) is 39.8 Å². The highest BCUT2D eigenvalue weighted by Crippen LogP contribution is 2.30. The molecular formula is C16H25NO2. The maximum absolute atomic E-state index is 5.89. The molecule has 1 aromatic carbocycles. The van der Waals surface area contributed by atoms with Crippen LogP contribution in [0, 0.1) is 27.7 Å². The molecule has 1 N–H and O–H groups in total. The third kappa shape index (κ3) is 2.83. The maximum atomic E-state index is 5.89. The van der Waals surface area contributed by atoms with Crippen LogP contribution in [0.15, 0.2) is 6.07 Å². The summed E-state index contributed by atoms with van der Waals surface area (Å²) in [5.74, 6) is 0. The lowest BCUT2D eigenvalue weighted by Crippen LogP contribution is -2.40. The fourth-order valence-electron chi connectivity index (χ4n) is 2.93. The number of nitrogens with one attached hydrogen (secondary N) is 1. The number of ether oxygens (including phenoxy) is 2. The summed E-state index contributed by atoms with van der Waals surface area (Å²) in [7, 11) is 2.00. The Kier molecular flexibility index (Phi) is 4.61. The summed E-state index contributed by atoms with van der Waals surface area (Å²) in [6.45, 7) is 10.8. The van der Waals surface area contributed by atoms with Crippen LogP contribution in [0.25, 0.3) is 0 Å². The fourth-order valence-corrected chi connectivity index (χ4v) is 2.93. The van der Waals surface area contributed by atoms with Gasteiger partial charge in [0.15, 0.2) is 0 Å². The van der Waals surface area contributed by atoms with Gasteiger partial charge >= 0.3 is 0 Å². The van der Waals surface area contributed by atoms with Crippen LogP contribution in [0.4, 0.5) is 0 Å². The van der Waals surface area contributed by atoms with Gasteiger partial charge in [-0.1, -0.05) is 6.07 Å². The second-order valence-corrected chi connectivity index (χ2v) is 5.42. The first-order chi connectivity index (χ1) is 9.06. The first-order valence-electron chi connectivity index (χ1n) is 7.00. The predicted octanol–water partition coefficient (Wildman–Crippen LogP) is 2.60. The third-order valence-electron chi connectivity index (χ3n) is 4.26. The van der Waals surface area contributed by atoms with E-state index in [1.807, 2.05) is 7.05 Å². The number of hydrogen-bond acceptors (Lipinski definition) is 3.